The number of halogens is 1. The summed E-state index contributed by atoms with van der Waals surface area (Å²) in [6.07, 6.45) is 4.15. The lowest BCUT2D eigenvalue weighted by Gasteiger charge is -2.43. The lowest BCUT2D eigenvalue weighted by molar-refractivity contribution is -0.931. The molecule has 1 amide bonds. The number of fused-ring (bicyclic) bond motifs is 2. The molecule has 0 radical (unpaired) electrons. The molecule has 2 aliphatic rings. The number of anilines is 1. The quantitative estimate of drug-likeness (QED) is 0.726. The monoisotopic (exact) mass is 450 g/mol. The van der Waals surface area contributed by atoms with E-state index in [-0.39, 0.29) is 29.2 Å². The molecule has 0 saturated carbocycles. The summed E-state index contributed by atoms with van der Waals surface area (Å²) in [5.41, 5.74) is 4.10. The highest BCUT2D eigenvalue weighted by atomic mass is 79.9. The Bertz CT molecular complexity index is 791. The maximum Gasteiger partial charge on any atom is 0.411 e. The summed E-state index contributed by atoms with van der Waals surface area (Å²) in [6, 6.07) is 9.46. The van der Waals surface area contributed by atoms with Crippen LogP contribution >= 0.6 is 11.3 Å². The van der Waals surface area contributed by atoms with Crippen molar-refractivity contribution in [1.29, 1.82) is 0 Å². The topological polar surface area (TPSA) is 38.3 Å². The fourth-order valence-electron chi connectivity index (χ4n) is 4.65. The maximum absolute atomic E-state index is 12.6. The van der Waals surface area contributed by atoms with Crippen LogP contribution in [0.4, 0.5) is 10.5 Å². The van der Waals surface area contributed by atoms with Gasteiger partial charge in [-0.15, -0.1) is 0 Å². The zero-order chi connectivity index (χ0) is 18.3. The molecule has 2 fully saturated rings. The minimum Gasteiger partial charge on any atom is -1.00 e. The second kappa shape index (κ2) is 7.94. The molecule has 6 heteroatoms. The Labute approximate surface area is 175 Å². The molecule has 1 aromatic heterocycles. The molecule has 2 aromatic rings. The van der Waals surface area contributed by atoms with E-state index >= 15 is 0 Å². The third-order valence-electron chi connectivity index (χ3n) is 6.30. The Morgan fingerprint density at radius 1 is 1.19 bits per heavy atom. The van der Waals surface area contributed by atoms with Crippen LogP contribution in [-0.2, 0) is 4.74 Å². The Morgan fingerprint density at radius 3 is 2.52 bits per heavy atom. The minimum atomic E-state index is -0.330. The second-order valence-electron chi connectivity index (χ2n) is 8.20. The van der Waals surface area contributed by atoms with Crippen LogP contribution in [0.2, 0.25) is 0 Å². The van der Waals surface area contributed by atoms with Crippen LogP contribution < -0.4 is 22.3 Å². The van der Waals surface area contributed by atoms with Crippen LogP contribution in [0.5, 0.6) is 0 Å². The van der Waals surface area contributed by atoms with E-state index in [0.717, 1.165) is 39.7 Å². The average molecular weight is 451 g/mol. The van der Waals surface area contributed by atoms with Crippen LogP contribution in [0, 0.1) is 6.92 Å². The Hall–Kier alpha value is -1.37. The van der Waals surface area contributed by atoms with E-state index in [2.05, 4.69) is 48.4 Å². The van der Waals surface area contributed by atoms with Gasteiger partial charge in [0.15, 0.2) is 0 Å². The number of carbonyl (C=O) groups is 1. The molecule has 27 heavy (non-hydrogen) atoms. The van der Waals surface area contributed by atoms with Gasteiger partial charge >= 0.3 is 6.09 Å². The number of ether oxygens (including phenoxy) is 1. The average Bonchev–Trinajstić information content (AvgIpc) is 3.11. The summed E-state index contributed by atoms with van der Waals surface area (Å²) < 4.78 is 6.91. The van der Waals surface area contributed by atoms with Crippen molar-refractivity contribution in [3.63, 3.8) is 0 Å². The molecule has 2 aliphatic heterocycles. The number of hydrogen-bond donors (Lipinski definition) is 1. The summed E-state index contributed by atoms with van der Waals surface area (Å²) >= 11 is 1.66. The normalized spacial score (nSPS) is 25.5. The summed E-state index contributed by atoms with van der Waals surface area (Å²) in [5, 5.41) is 7.14. The molecule has 0 aliphatic carbocycles. The van der Waals surface area contributed by atoms with Gasteiger partial charge in [0.25, 0.3) is 0 Å². The summed E-state index contributed by atoms with van der Waals surface area (Å²) in [6.45, 7) is 2.03. The number of quaternary nitrogens is 1. The van der Waals surface area contributed by atoms with Crippen LogP contribution in [0.25, 0.3) is 11.1 Å². The van der Waals surface area contributed by atoms with Crippen molar-refractivity contribution >= 4 is 23.1 Å². The first-order chi connectivity index (χ1) is 12.4. The van der Waals surface area contributed by atoms with Crippen molar-refractivity contribution in [2.75, 3.05) is 19.4 Å². The third-order valence-corrected chi connectivity index (χ3v) is 6.99. The van der Waals surface area contributed by atoms with E-state index in [1.807, 2.05) is 13.0 Å². The number of benzene rings is 1. The highest BCUT2D eigenvalue weighted by Crippen LogP contribution is 2.40. The van der Waals surface area contributed by atoms with E-state index in [1.165, 1.54) is 12.8 Å². The predicted octanol–water partition coefficient (Wildman–Crippen LogP) is 2.05. The number of piperidine rings is 1. The second-order valence-corrected chi connectivity index (χ2v) is 8.98. The molecule has 3 heterocycles. The lowest BCUT2D eigenvalue weighted by Crippen LogP contribution is -3.00. The van der Waals surface area contributed by atoms with Gasteiger partial charge in [-0.2, -0.15) is 11.3 Å². The van der Waals surface area contributed by atoms with Gasteiger partial charge in [0.2, 0.25) is 0 Å². The van der Waals surface area contributed by atoms with Crippen LogP contribution in [-0.4, -0.2) is 42.9 Å². The number of hydrogen-bond acceptors (Lipinski definition) is 3. The van der Waals surface area contributed by atoms with Gasteiger partial charge in [0, 0.05) is 31.2 Å². The number of carbonyl (C=O) groups excluding carboxylic acids is 1. The molecule has 2 bridgehead atoms. The Kier molecular flexibility index (Phi) is 5.99. The SMILES string of the molecule is Cc1ccc(-c2ccsc2)c(NC(=O)OC2CC3CCC(C2)[N+]3(C)C)c1.[Br-]. The van der Waals surface area contributed by atoms with Crippen LogP contribution in [0.3, 0.4) is 0 Å². The van der Waals surface area contributed by atoms with Gasteiger partial charge in [-0.05, 0) is 40.9 Å². The number of nitrogens with zero attached hydrogens (tertiary/aromatic N) is 1. The van der Waals surface area contributed by atoms with E-state index in [1.54, 1.807) is 11.3 Å². The minimum absolute atomic E-state index is 0. The lowest BCUT2D eigenvalue weighted by atomic mass is 9.98. The smallest absolute Gasteiger partial charge is 0.411 e. The van der Waals surface area contributed by atoms with Crippen molar-refractivity contribution in [2.45, 2.75) is 50.8 Å². The summed E-state index contributed by atoms with van der Waals surface area (Å²) in [5.74, 6) is 0. The summed E-state index contributed by atoms with van der Waals surface area (Å²) in [7, 11) is 4.64. The number of amides is 1. The molecule has 4 nitrogen and oxygen atoms in total. The van der Waals surface area contributed by atoms with Crippen LogP contribution in [0.15, 0.2) is 35.0 Å². The molecular weight excluding hydrogens is 424 g/mol. The van der Waals surface area contributed by atoms with Gasteiger partial charge in [-0.1, -0.05) is 12.1 Å². The number of thiophene rings is 1. The van der Waals surface area contributed by atoms with Gasteiger partial charge in [-0.3, -0.25) is 5.32 Å². The fraction of sp³-hybridized carbons (Fsp3) is 0.476. The molecule has 2 atom stereocenters. The molecule has 2 unspecified atom stereocenters. The van der Waals surface area contributed by atoms with Crippen molar-refractivity contribution in [3.8, 4) is 11.1 Å². The zero-order valence-corrected chi connectivity index (χ0v) is 18.5. The number of aryl methyl sites for hydroxylation is 1. The van der Waals surface area contributed by atoms with Gasteiger partial charge < -0.3 is 26.2 Å². The first-order valence-electron chi connectivity index (χ1n) is 9.37. The highest BCUT2D eigenvalue weighted by Gasteiger charge is 2.49. The first-order valence-corrected chi connectivity index (χ1v) is 10.3. The fourth-order valence-corrected chi connectivity index (χ4v) is 5.30. The highest BCUT2D eigenvalue weighted by molar-refractivity contribution is 7.08. The van der Waals surface area contributed by atoms with Gasteiger partial charge in [-0.25, -0.2) is 4.79 Å². The van der Waals surface area contributed by atoms with Crippen molar-refractivity contribution in [2.24, 2.45) is 0 Å². The van der Waals surface area contributed by atoms with Crippen molar-refractivity contribution < 1.29 is 31.0 Å². The Morgan fingerprint density at radius 2 is 1.89 bits per heavy atom. The molecule has 0 spiro atoms. The molecule has 146 valence electrons. The largest absolute Gasteiger partial charge is 1.00 e. The number of rotatable bonds is 3. The molecule has 4 rings (SSSR count). The molecule has 2 saturated heterocycles. The van der Waals surface area contributed by atoms with Crippen molar-refractivity contribution in [1.82, 2.24) is 0 Å². The molecular formula is C21H27BrN2O2S. The van der Waals surface area contributed by atoms with E-state index < -0.39 is 0 Å². The number of nitrogens with one attached hydrogen (secondary N) is 1. The zero-order valence-electron chi connectivity index (χ0n) is 16.1. The van der Waals surface area contributed by atoms with Gasteiger partial charge in [0.1, 0.15) is 6.10 Å². The van der Waals surface area contributed by atoms with E-state index in [0.29, 0.717) is 12.1 Å². The third kappa shape index (κ3) is 4.08. The first kappa shape index (κ1) is 20.4. The van der Waals surface area contributed by atoms with E-state index in [9.17, 15) is 4.79 Å². The van der Waals surface area contributed by atoms with Crippen LogP contribution in [0.1, 0.15) is 31.2 Å². The predicted molar refractivity (Wildman–Crippen MR) is 107 cm³/mol. The summed E-state index contributed by atoms with van der Waals surface area (Å²) in [4.78, 5) is 12.6. The standard InChI is InChI=1S/C21H26N2O2S.BrH/c1-14-4-7-19(15-8-9-26-13-15)20(10-14)22-21(24)25-18-11-16-5-6-17(12-18)23(16,2)3;/h4,7-10,13,16-18H,5-6,11-12H2,1-3H3;1H. The maximum atomic E-state index is 12.6. The van der Waals surface area contributed by atoms with E-state index in [4.69, 9.17) is 4.74 Å². The van der Waals surface area contributed by atoms with Gasteiger partial charge in [0.05, 0.1) is 31.9 Å². The molecule has 1 N–H and O–H groups in total. The van der Waals surface area contributed by atoms with Crippen molar-refractivity contribution in [3.05, 3.63) is 40.6 Å². The molecule has 1 aromatic carbocycles. The Balaban J connectivity index is 0.00000210.